The van der Waals surface area contributed by atoms with Crippen molar-refractivity contribution in [2.75, 3.05) is 6.61 Å². The van der Waals surface area contributed by atoms with Crippen LogP contribution < -0.4 is 4.74 Å². The van der Waals surface area contributed by atoms with Crippen molar-refractivity contribution in [1.29, 1.82) is 0 Å². The smallest absolute Gasteiger partial charge is 0.168 e. The fourth-order valence-electron chi connectivity index (χ4n) is 1.49. The topological polar surface area (TPSA) is 46.5 Å². The summed E-state index contributed by atoms with van der Waals surface area (Å²) < 4.78 is 5.23. The van der Waals surface area contributed by atoms with Gasteiger partial charge in [-0.15, -0.1) is 0 Å². The molecule has 0 bridgehead atoms. The Balaban J connectivity index is 2.87. The molecule has 0 aliphatic rings. The van der Waals surface area contributed by atoms with Crippen LogP contribution >= 0.6 is 0 Å². The Morgan fingerprint density at radius 3 is 2.75 bits per heavy atom. The van der Waals surface area contributed by atoms with Crippen LogP contribution in [0.1, 0.15) is 43.5 Å². The van der Waals surface area contributed by atoms with E-state index in [-0.39, 0.29) is 11.5 Å². The lowest BCUT2D eigenvalue weighted by molar-refractivity contribution is 0.0976. The van der Waals surface area contributed by atoms with Crippen LogP contribution in [0.3, 0.4) is 0 Å². The van der Waals surface area contributed by atoms with Gasteiger partial charge in [0.15, 0.2) is 17.3 Å². The van der Waals surface area contributed by atoms with Crippen LogP contribution in [0.4, 0.5) is 0 Å². The van der Waals surface area contributed by atoms with Crippen molar-refractivity contribution in [3.8, 4) is 11.5 Å². The summed E-state index contributed by atoms with van der Waals surface area (Å²) in [5.74, 6) is 0.316. The largest absolute Gasteiger partial charge is 0.504 e. The predicted molar refractivity (Wildman–Crippen MR) is 63.1 cm³/mol. The monoisotopic (exact) mass is 222 g/mol. The van der Waals surface area contributed by atoms with Crippen LogP contribution in [0.5, 0.6) is 11.5 Å². The number of hydrogen-bond donors (Lipinski definition) is 1. The van der Waals surface area contributed by atoms with Crippen molar-refractivity contribution >= 4 is 5.78 Å². The summed E-state index contributed by atoms with van der Waals surface area (Å²) in [7, 11) is 0. The van der Waals surface area contributed by atoms with Gasteiger partial charge in [0, 0.05) is 6.42 Å². The predicted octanol–water partition coefficient (Wildman–Crippen LogP) is 3.16. The van der Waals surface area contributed by atoms with E-state index in [0.717, 1.165) is 12.8 Å². The number of benzene rings is 1. The van der Waals surface area contributed by atoms with Gasteiger partial charge in [-0.05, 0) is 25.5 Å². The molecule has 0 aromatic heterocycles. The van der Waals surface area contributed by atoms with Crippen LogP contribution in [0, 0.1) is 0 Å². The number of carbonyl (C=O) groups is 1. The van der Waals surface area contributed by atoms with E-state index in [1.807, 2.05) is 13.8 Å². The van der Waals surface area contributed by atoms with E-state index in [4.69, 9.17) is 4.74 Å². The zero-order valence-electron chi connectivity index (χ0n) is 9.82. The van der Waals surface area contributed by atoms with Gasteiger partial charge in [0.05, 0.1) is 12.2 Å². The Morgan fingerprint density at radius 1 is 1.38 bits per heavy atom. The number of para-hydroxylation sites is 1. The first-order chi connectivity index (χ1) is 7.70. The summed E-state index contributed by atoms with van der Waals surface area (Å²) in [5, 5.41) is 9.84. The van der Waals surface area contributed by atoms with Gasteiger partial charge < -0.3 is 9.84 Å². The Bertz CT molecular complexity index is 358. The van der Waals surface area contributed by atoms with Crippen LogP contribution in [-0.2, 0) is 0 Å². The minimum Gasteiger partial charge on any atom is -0.504 e. The minimum absolute atomic E-state index is 0.0269. The molecule has 3 nitrogen and oxygen atoms in total. The molecule has 0 heterocycles. The van der Waals surface area contributed by atoms with E-state index in [1.165, 1.54) is 0 Å². The molecule has 88 valence electrons. The third kappa shape index (κ3) is 2.99. The molecule has 0 amide bonds. The summed E-state index contributed by atoms with van der Waals surface area (Å²) >= 11 is 0. The number of aromatic hydroxyl groups is 1. The summed E-state index contributed by atoms with van der Waals surface area (Å²) in [6, 6.07) is 5.02. The second kappa shape index (κ2) is 6.16. The normalized spacial score (nSPS) is 10.1. The highest BCUT2D eigenvalue weighted by molar-refractivity contribution is 5.99. The van der Waals surface area contributed by atoms with E-state index in [2.05, 4.69) is 0 Å². The molecule has 0 aliphatic carbocycles. The van der Waals surface area contributed by atoms with Crippen LogP contribution in [0.25, 0.3) is 0 Å². The van der Waals surface area contributed by atoms with Crippen molar-refractivity contribution in [3.05, 3.63) is 23.8 Å². The van der Waals surface area contributed by atoms with E-state index >= 15 is 0 Å². The number of Topliss-reactive ketones (excluding diaryl/α,β-unsaturated/α-hetero) is 1. The Labute approximate surface area is 96.1 Å². The molecule has 0 saturated heterocycles. The molecule has 16 heavy (non-hydrogen) atoms. The third-order valence-electron chi connectivity index (χ3n) is 2.36. The summed E-state index contributed by atoms with van der Waals surface area (Å²) in [6.45, 7) is 4.34. The van der Waals surface area contributed by atoms with Crippen molar-refractivity contribution in [2.24, 2.45) is 0 Å². The molecule has 0 aliphatic heterocycles. The molecule has 1 aromatic carbocycles. The third-order valence-corrected chi connectivity index (χ3v) is 2.36. The quantitative estimate of drug-likeness (QED) is 0.752. The van der Waals surface area contributed by atoms with Crippen molar-refractivity contribution in [3.63, 3.8) is 0 Å². The van der Waals surface area contributed by atoms with Gasteiger partial charge in [0.1, 0.15) is 0 Å². The van der Waals surface area contributed by atoms with Gasteiger partial charge in [-0.25, -0.2) is 0 Å². The van der Waals surface area contributed by atoms with E-state index in [1.54, 1.807) is 18.2 Å². The maximum Gasteiger partial charge on any atom is 0.168 e. The molecule has 0 spiro atoms. The molecule has 0 saturated carbocycles. The number of rotatable bonds is 6. The van der Waals surface area contributed by atoms with Gasteiger partial charge >= 0.3 is 0 Å². The number of phenolic OH excluding ortho intramolecular Hbond substituents is 1. The zero-order chi connectivity index (χ0) is 12.0. The summed E-state index contributed by atoms with van der Waals surface area (Å²) in [5.41, 5.74) is 0.361. The van der Waals surface area contributed by atoms with Crippen LogP contribution in [-0.4, -0.2) is 17.5 Å². The second-order valence-electron chi connectivity index (χ2n) is 3.61. The standard InChI is InChI=1S/C13H18O3/c1-3-5-8-11(14)10-7-6-9-12(13(10)15)16-4-2/h6-7,9,15H,3-5,8H2,1-2H3. The second-order valence-corrected chi connectivity index (χ2v) is 3.61. The molecule has 0 radical (unpaired) electrons. The lowest BCUT2D eigenvalue weighted by Gasteiger charge is -2.09. The van der Waals surface area contributed by atoms with E-state index in [9.17, 15) is 9.90 Å². The molecule has 1 N–H and O–H groups in total. The molecule has 1 rings (SSSR count). The fraction of sp³-hybridized carbons (Fsp3) is 0.462. The Morgan fingerprint density at radius 2 is 2.12 bits per heavy atom. The highest BCUT2D eigenvalue weighted by atomic mass is 16.5. The molecule has 3 heteroatoms. The molecule has 0 unspecified atom stereocenters. The lowest BCUT2D eigenvalue weighted by atomic mass is 10.0. The van der Waals surface area contributed by atoms with E-state index in [0.29, 0.717) is 24.3 Å². The van der Waals surface area contributed by atoms with Crippen LogP contribution in [0.15, 0.2) is 18.2 Å². The number of ketones is 1. The zero-order valence-corrected chi connectivity index (χ0v) is 9.82. The maximum atomic E-state index is 11.8. The van der Waals surface area contributed by atoms with Gasteiger partial charge in [-0.1, -0.05) is 19.4 Å². The molecular formula is C13H18O3. The van der Waals surface area contributed by atoms with Gasteiger partial charge in [0.25, 0.3) is 0 Å². The number of hydrogen-bond acceptors (Lipinski definition) is 3. The highest BCUT2D eigenvalue weighted by Crippen LogP contribution is 2.30. The first kappa shape index (κ1) is 12.6. The SMILES string of the molecule is CCCCC(=O)c1cccc(OCC)c1O. The van der Waals surface area contributed by atoms with Crippen molar-refractivity contribution in [1.82, 2.24) is 0 Å². The highest BCUT2D eigenvalue weighted by Gasteiger charge is 2.14. The maximum absolute atomic E-state index is 11.8. The van der Waals surface area contributed by atoms with Crippen LogP contribution in [0.2, 0.25) is 0 Å². The van der Waals surface area contributed by atoms with E-state index < -0.39 is 0 Å². The number of carbonyl (C=O) groups excluding carboxylic acids is 1. The molecule has 0 atom stereocenters. The lowest BCUT2D eigenvalue weighted by Crippen LogP contribution is -2.01. The number of unbranched alkanes of at least 4 members (excludes halogenated alkanes) is 1. The Hall–Kier alpha value is -1.51. The van der Waals surface area contributed by atoms with Gasteiger partial charge in [-0.3, -0.25) is 4.79 Å². The molecular weight excluding hydrogens is 204 g/mol. The first-order valence-corrected chi connectivity index (χ1v) is 5.68. The number of ether oxygens (including phenoxy) is 1. The summed E-state index contributed by atoms with van der Waals surface area (Å²) in [4.78, 5) is 11.8. The average Bonchev–Trinajstić information content (AvgIpc) is 2.29. The molecule has 1 aromatic rings. The minimum atomic E-state index is -0.0366. The van der Waals surface area contributed by atoms with Crippen molar-refractivity contribution in [2.45, 2.75) is 33.1 Å². The fourth-order valence-corrected chi connectivity index (χ4v) is 1.49. The molecule has 0 fully saturated rings. The summed E-state index contributed by atoms with van der Waals surface area (Å²) in [6.07, 6.45) is 2.29. The Kier molecular flexibility index (Phi) is 4.83. The van der Waals surface area contributed by atoms with Gasteiger partial charge in [-0.2, -0.15) is 0 Å². The average molecular weight is 222 g/mol. The number of phenols is 1. The first-order valence-electron chi connectivity index (χ1n) is 5.68. The van der Waals surface area contributed by atoms with Gasteiger partial charge in [0.2, 0.25) is 0 Å². The van der Waals surface area contributed by atoms with Crippen molar-refractivity contribution < 1.29 is 14.6 Å².